The minimum atomic E-state index is -0.933. The van der Waals surface area contributed by atoms with Crippen molar-refractivity contribution < 1.29 is 19.1 Å². The monoisotopic (exact) mass is 338 g/mol. The molecule has 0 unspecified atom stereocenters. The van der Waals surface area contributed by atoms with E-state index in [1.165, 1.54) is 4.90 Å². The van der Waals surface area contributed by atoms with Crippen molar-refractivity contribution in [2.75, 3.05) is 0 Å². The summed E-state index contributed by atoms with van der Waals surface area (Å²) in [5.41, 5.74) is -0.814. The second-order valence-electron chi connectivity index (χ2n) is 7.36. The highest BCUT2D eigenvalue weighted by Crippen LogP contribution is 2.33. The SMILES string of the molecule is C[C@@H]1OC(C)(C)N(C(=O)OC(C)(C)C)[C@@H]1C(=O)NCc1ccn[nH]1. The van der Waals surface area contributed by atoms with Crippen LogP contribution in [0, 0.1) is 0 Å². The van der Waals surface area contributed by atoms with Crippen LogP contribution in [0.3, 0.4) is 0 Å². The van der Waals surface area contributed by atoms with Gasteiger partial charge in [-0.05, 0) is 47.6 Å². The normalized spacial score (nSPS) is 23.2. The third-order valence-electron chi connectivity index (χ3n) is 3.65. The zero-order valence-electron chi connectivity index (χ0n) is 15.0. The second kappa shape index (κ2) is 6.43. The van der Waals surface area contributed by atoms with Crippen LogP contribution < -0.4 is 5.32 Å². The van der Waals surface area contributed by atoms with Gasteiger partial charge in [0.15, 0.2) is 0 Å². The number of nitrogens with zero attached hydrogens (tertiary/aromatic N) is 2. The van der Waals surface area contributed by atoms with Crippen LogP contribution >= 0.6 is 0 Å². The van der Waals surface area contributed by atoms with Crippen LogP contribution in [0.5, 0.6) is 0 Å². The maximum absolute atomic E-state index is 12.6. The Morgan fingerprint density at radius 1 is 1.46 bits per heavy atom. The molecule has 1 fully saturated rings. The zero-order valence-corrected chi connectivity index (χ0v) is 15.0. The van der Waals surface area contributed by atoms with Gasteiger partial charge in [0.05, 0.1) is 18.3 Å². The van der Waals surface area contributed by atoms with Crippen molar-refractivity contribution in [1.82, 2.24) is 20.4 Å². The smallest absolute Gasteiger partial charge is 0.413 e. The van der Waals surface area contributed by atoms with E-state index < -0.39 is 29.6 Å². The molecule has 0 bridgehead atoms. The van der Waals surface area contributed by atoms with E-state index in [4.69, 9.17) is 9.47 Å². The van der Waals surface area contributed by atoms with Crippen LogP contribution in [0.2, 0.25) is 0 Å². The summed E-state index contributed by atoms with van der Waals surface area (Å²) in [5, 5.41) is 9.41. The summed E-state index contributed by atoms with van der Waals surface area (Å²) >= 11 is 0. The van der Waals surface area contributed by atoms with Gasteiger partial charge in [-0.25, -0.2) is 4.79 Å². The number of rotatable bonds is 3. The van der Waals surface area contributed by atoms with E-state index in [1.54, 1.807) is 53.8 Å². The Hall–Kier alpha value is -2.09. The predicted octanol–water partition coefficient (Wildman–Crippen LogP) is 1.79. The van der Waals surface area contributed by atoms with Crippen LogP contribution in [0.4, 0.5) is 4.79 Å². The Kier molecular flexibility index (Phi) is 4.89. The van der Waals surface area contributed by atoms with Crippen LogP contribution in [-0.2, 0) is 20.8 Å². The fourth-order valence-electron chi connectivity index (χ4n) is 2.77. The van der Waals surface area contributed by atoms with Gasteiger partial charge >= 0.3 is 6.09 Å². The summed E-state index contributed by atoms with van der Waals surface area (Å²) in [7, 11) is 0. The number of amides is 2. The summed E-state index contributed by atoms with van der Waals surface area (Å²) in [4.78, 5) is 26.6. The molecule has 2 atom stereocenters. The van der Waals surface area contributed by atoms with Gasteiger partial charge in [0.2, 0.25) is 5.91 Å². The first-order chi connectivity index (χ1) is 11.0. The largest absolute Gasteiger partial charge is 0.444 e. The van der Waals surface area contributed by atoms with Gasteiger partial charge in [-0.1, -0.05) is 0 Å². The Morgan fingerprint density at radius 3 is 2.67 bits per heavy atom. The maximum atomic E-state index is 12.6. The number of aromatic nitrogens is 2. The lowest BCUT2D eigenvalue weighted by molar-refractivity contribution is -0.127. The van der Waals surface area contributed by atoms with Gasteiger partial charge in [-0.15, -0.1) is 0 Å². The second-order valence-corrected chi connectivity index (χ2v) is 7.36. The van der Waals surface area contributed by atoms with Crippen molar-refractivity contribution in [2.45, 2.75) is 71.6 Å². The van der Waals surface area contributed by atoms with Crippen LogP contribution in [0.25, 0.3) is 0 Å². The van der Waals surface area contributed by atoms with Gasteiger partial charge in [0.25, 0.3) is 0 Å². The van der Waals surface area contributed by atoms with Crippen LogP contribution in [0.15, 0.2) is 12.3 Å². The minimum absolute atomic E-state index is 0.296. The highest BCUT2D eigenvalue weighted by molar-refractivity contribution is 5.87. The Morgan fingerprint density at radius 2 is 2.12 bits per heavy atom. The lowest BCUT2D eigenvalue weighted by Gasteiger charge is -2.34. The molecule has 2 N–H and O–H groups in total. The molecule has 2 rings (SSSR count). The number of aromatic amines is 1. The molecule has 1 aromatic rings. The Balaban J connectivity index is 2.14. The highest BCUT2D eigenvalue weighted by Gasteiger charge is 2.52. The van der Waals surface area contributed by atoms with E-state index in [9.17, 15) is 9.59 Å². The highest BCUT2D eigenvalue weighted by atomic mass is 16.6. The van der Waals surface area contributed by atoms with E-state index in [1.807, 2.05) is 0 Å². The third kappa shape index (κ3) is 4.05. The molecule has 134 valence electrons. The molecule has 0 spiro atoms. The average Bonchev–Trinajstić information content (AvgIpc) is 2.99. The quantitative estimate of drug-likeness (QED) is 0.876. The van der Waals surface area contributed by atoms with Crippen molar-refractivity contribution in [3.05, 3.63) is 18.0 Å². The first-order valence-corrected chi connectivity index (χ1v) is 7.97. The van der Waals surface area contributed by atoms with E-state index >= 15 is 0 Å². The van der Waals surface area contributed by atoms with Crippen LogP contribution in [0.1, 0.15) is 47.2 Å². The summed E-state index contributed by atoms with van der Waals surface area (Å²) in [6, 6.07) is 1.00. The third-order valence-corrected chi connectivity index (χ3v) is 3.65. The van der Waals surface area contributed by atoms with E-state index in [0.29, 0.717) is 6.54 Å². The molecular weight excluding hydrogens is 312 g/mol. The van der Waals surface area contributed by atoms with E-state index in [2.05, 4.69) is 15.5 Å². The number of hydrogen-bond acceptors (Lipinski definition) is 5. The molecule has 0 radical (unpaired) electrons. The number of H-pyrrole nitrogens is 1. The number of hydrogen-bond donors (Lipinski definition) is 2. The van der Waals surface area contributed by atoms with Crippen LogP contribution in [-0.4, -0.2) is 50.6 Å². The maximum Gasteiger partial charge on any atom is 0.413 e. The summed E-state index contributed by atoms with van der Waals surface area (Å²) in [6.07, 6.45) is 0.589. The van der Waals surface area contributed by atoms with Crippen molar-refractivity contribution in [1.29, 1.82) is 0 Å². The standard InChI is InChI=1S/C16H26N4O4/c1-10-12(13(21)17-9-11-7-8-18-19-11)20(16(5,6)23-10)14(22)24-15(2,3)4/h7-8,10,12H,9H2,1-6H3,(H,17,21)(H,18,19)/t10-,12-/m0/s1. The molecule has 0 aliphatic carbocycles. The number of carbonyl (C=O) groups is 2. The van der Waals surface area contributed by atoms with Gasteiger partial charge in [0.1, 0.15) is 17.4 Å². The summed E-state index contributed by atoms with van der Waals surface area (Å²) < 4.78 is 11.3. The number of nitrogens with one attached hydrogen (secondary N) is 2. The molecule has 1 saturated heterocycles. The molecule has 8 nitrogen and oxygen atoms in total. The fourth-order valence-corrected chi connectivity index (χ4v) is 2.77. The van der Waals surface area contributed by atoms with Gasteiger partial charge in [0, 0.05) is 6.20 Å². The Labute approximate surface area is 141 Å². The Bertz CT molecular complexity index is 592. The number of ether oxygens (including phenoxy) is 2. The predicted molar refractivity (Wildman–Crippen MR) is 86.9 cm³/mol. The van der Waals surface area contributed by atoms with Gasteiger partial charge < -0.3 is 14.8 Å². The first kappa shape index (κ1) is 18.3. The molecule has 2 amide bonds. The van der Waals surface area contributed by atoms with Gasteiger partial charge in [-0.3, -0.25) is 14.8 Å². The first-order valence-electron chi connectivity index (χ1n) is 7.97. The molecule has 8 heteroatoms. The minimum Gasteiger partial charge on any atom is -0.444 e. The molecule has 1 aromatic heterocycles. The van der Waals surface area contributed by atoms with Crippen molar-refractivity contribution in [3.63, 3.8) is 0 Å². The van der Waals surface area contributed by atoms with Crippen molar-refractivity contribution >= 4 is 12.0 Å². The lowest BCUT2D eigenvalue weighted by atomic mass is 10.1. The summed E-state index contributed by atoms with van der Waals surface area (Å²) in [5.74, 6) is -0.298. The molecule has 0 aromatic carbocycles. The molecule has 24 heavy (non-hydrogen) atoms. The lowest BCUT2D eigenvalue weighted by Crippen LogP contribution is -2.55. The zero-order chi connectivity index (χ0) is 18.1. The molecule has 1 aliphatic rings. The average molecular weight is 338 g/mol. The van der Waals surface area contributed by atoms with Crippen molar-refractivity contribution in [2.24, 2.45) is 0 Å². The number of carbonyl (C=O) groups excluding carboxylic acids is 2. The topological polar surface area (TPSA) is 96.5 Å². The molecule has 0 saturated carbocycles. The molecule has 1 aliphatic heterocycles. The summed E-state index contributed by atoms with van der Waals surface area (Å²) in [6.45, 7) is 10.9. The molecular formula is C16H26N4O4. The van der Waals surface area contributed by atoms with E-state index in [-0.39, 0.29) is 5.91 Å². The molecule has 2 heterocycles. The van der Waals surface area contributed by atoms with E-state index in [0.717, 1.165) is 5.69 Å². The van der Waals surface area contributed by atoms with Crippen molar-refractivity contribution in [3.8, 4) is 0 Å². The van der Waals surface area contributed by atoms with Gasteiger partial charge in [-0.2, -0.15) is 5.10 Å². The fraction of sp³-hybridized carbons (Fsp3) is 0.688.